The summed E-state index contributed by atoms with van der Waals surface area (Å²) in [7, 11) is 3.53. The SMILES string of the molecule is CCOC(=O)c1cc(NC(=O)C(C)CNC)cn1C. The van der Waals surface area contributed by atoms with Gasteiger partial charge in [-0.2, -0.15) is 0 Å². The Bertz CT molecular complexity index is 454. The first kappa shape index (κ1) is 15.2. The van der Waals surface area contributed by atoms with Crippen LogP contribution in [0.3, 0.4) is 0 Å². The predicted molar refractivity (Wildman–Crippen MR) is 73.1 cm³/mol. The van der Waals surface area contributed by atoms with Gasteiger partial charge < -0.3 is 19.9 Å². The van der Waals surface area contributed by atoms with Crippen LogP contribution in [-0.2, 0) is 16.6 Å². The molecule has 0 aromatic carbocycles. The average molecular weight is 267 g/mol. The number of carbonyl (C=O) groups is 2. The predicted octanol–water partition coefficient (Wildman–Crippen LogP) is 0.996. The van der Waals surface area contributed by atoms with Crippen LogP contribution < -0.4 is 10.6 Å². The summed E-state index contributed by atoms with van der Waals surface area (Å²) in [5, 5.41) is 5.72. The number of ether oxygens (including phenoxy) is 1. The maximum absolute atomic E-state index is 11.8. The Morgan fingerprint density at radius 3 is 2.74 bits per heavy atom. The summed E-state index contributed by atoms with van der Waals surface area (Å²) in [6.45, 7) is 4.51. The highest BCUT2D eigenvalue weighted by atomic mass is 16.5. The van der Waals surface area contributed by atoms with E-state index >= 15 is 0 Å². The van der Waals surface area contributed by atoms with Gasteiger partial charge in [-0.25, -0.2) is 4.79 Å². The van der Waals surface area contributed by atoms with E-state index < -0.39 is 5.97 Å². The van der Waals surface area contributed by atoms with Crippen LogP contribution in [0.1, 0.15) is 24.3 Å². The second kappa shape index (κ2) is 6.94. The van der Waals surface area contributed by atoms with Gasteiger partial charge in [0.1, 0.15) is 5.69 Å². The van der Waals surface area contributed by atoms with Crippen LogP contribution in [-0.4, -0.2) is 36.6 Å². The molecular weight excluding hydrogens is 246 g/mol. The topological polar surface area (TPSA) is 72.4 Å². The molecule has 106 valence electrons. The Morgan fingerprint density at radius 1 is 1.47 bits per heavy atom. The zero-order valence-corrected chi connectivity index (χ0v) is 11.8. The Kier molecular flexibility index (Phi) is 5.57. The van der Waals surface area contributed by atoms with Gasteiger partial charge in [0, 0.05) is 25.7 Å². The third-order valence-corrected chi connectivity index (χ3v) is 2.71. The molecule has 1 atom stereocenters. The molecule has 0 saturated carbocycles. The van der Waals surface area contributed by atoms with Crippen LogP contribution >= 0.6 is 0 Å². The molecule has 0 radical (unpaired) electrons. The average Bonchev–Trinajstić information content (AvgIpc) is 2.70. The van der Waals surface area contributed by atoms with Crippen molar-refractivity contribution in [1.82, 2.24) is 9.88 Å². The fourth-order valence-corrected chi connectivity index (χ4v) is 1.71. The smallest absolute Gasteiger partial charge is 0.355 e. The molecule has 0 aliphatic heterocycles. The van der Waals surface area contributed by atoms with Crippen molar-refractivity contribution in [3.8, 4) is 0 Å². The number of amides is 1. The first-order chi connectivity index (χ1) is 8.99. The van der Waals surface area contributed by atoms with Crippen molar-refractivity contribution in [3.05, 3.63) is 18.0 Å². The molecular formula is C13H21N3O3. The van der Waals surface area contributed by atoms with Crippen LogP contribution in [0.25, 0.3) is 0 Å². The van der Waals surface area contributed by atoms with Gasteiger partial charge in [-0.3, -0.25) is 4.79 Å². The molecule has 1 rings (SSSR count). The summed E-state index contributed by atoms with van der Waals surface area (Å²) in [5.41, 5.74) is 1.01. The van der Waals surface area contributed by atoms with Crippen molar-refractivity contribution < 1.29 is 14.3 Å². The number of hydrogen-bond acceptors (Lipinski definition) is 4. The van der Waals surface area contributed by atoms with Gasteiger partial charge in [-0.15, -0.1) is 0 Å². The standard InChI is InChI=1S/C13H21N3O3/c1-5-19-13(18)11-6-10(8-16(11)4)15-12(17)9(2)7-14-3/h6,8-9,14H,5,7H2,1-4H3,(H,15,17). The summed E-state index contributed by atoms with van der Waals surface area (Å²) in [4.78, 5) is 23.5. The molecule has 1 amide bonds. The highest BCUT2D eigenvalue weighted by Gasteiger charge is 2.16. The molecule has 0 aliphatic rings. The van der Waals surface area contributed by atoms with E-state index in [1.165, 1.54) is 0 Å². The lowest BCUT2D eigenvalue weighted by atomic mass is 10.1. The van der Waals surface area contributed by atoms with Crippen molar-refractivity contribution in [2.75, 3.05) is 25.5 Å². The first-order valence-electron chi connectivity index (χ1n) is 6.28. The summed E-state index contributed by atoms with van der Waals surface area (Å²) in [6, 6.07) is 1.61. The van der Waals surface area contributed by atoms with E-state index in [4.69, 9.17) is 4.74 Å². The van der Waals surface area contributed by atoms with E-state index in [1.807, 2.05) is 6.92 Å². The summed E-state index contributed by atoms with van der Waals surface area (Å²) < 4.78 is 6.57. The second-order valence-electron chi connectivity index (χ2n) is 4.39. The minimum Gasteiger partial charge on any atom is -0.461 e. The van der Waals surface area contributed by atoms with E-state index in [9.17, 15) is 9.59 Å². The third kappa shape index (κ3) is 4.10. The zero-order valence-electron chi connectivity index (χ0n) is 11.8. The van der Waals surface area contributed by atoms with E-state index in [0.717, 1.165) is 0 Å². The van der Waals surface area contributed by atoms with Gasteiger partial charge in [-0.1, -0.05) is 6.92 Å². The van der Waals surface area contributed by atoms with Gasteiger partial charge in [0.25, 0.3) is 0 Å². The maximum Gasteiger partial charge on any atom is 0.355 e. The first-order valence-corrected chi connectivity index (χ1v) is 6.28. The lowest BCUT2D eigenvalue weighted by Gasteiger charge is -2.09. The monoisotopic (exact) mass is 267 g/mol. The molecule has 0 aliphatic carbocycles. The van der Waals surface area contributed by atoms with Crippen molar-refractivity contribution in [3.63, 3.8) is 0 Å². The minimum absolute atomic E-state index is 0.0876. The fourth-order valence-electron chi connectivity index (χ4n) is 1.71. The molecule has 2 N–H and O–H groups in total. The van der Waals surface area contributed by atoms with Crippen molar-refractivity contribution in [1.29, 1.82) is 0 Å². The number of carbonyl (C=O) groups excluding carboxylic acids is 2. The number of rotatable bonds is 6. The highest BCUT2D eigenvalue weighted by molar-refractivity contribution is 5.95. The lowest BCUT2D eigenvalue weighted by Crippen LogP contribution is -2.28. The molecule has 1 heterocycles. The van der Waals surface area contributed by atoms with Crippen LogP contribution in [0.4, 0.5) is 5.69 Å². The molecule has 0 fully saturated rings. The van der Waals surface area contributed by atoms with Gasteiger partial charge in [0.2, 0.25) is 5.91 Å². The summed E-state index contributed by atoms with van der Waals surface area (Å²) in [5.74, 6) is -0.625. The third-order valence-electron chi connectivity index (χ3n) is 2.71. The molecule has 19 heavy (non-hydrogen) atoms. The van der Waals surface area contributed by atoms with Gasteiger partial charge in [0.05, 0.1) is 12.3 Å². The lowest BCUT2D eigenvalue weighted by molar-refractivity contribution is -0.119. The van der Waals surface area contributed by atoms with E-state index in [0.29, 0.717) is 24.5 Å². The Hall–Kier alpha value is -1.82. The van der Waals surface area contributed by atoms with Crippen molar-refractivity contribution >= 4 is 17.6 Å². The molecule has 1 aromatic heterocycles. The Balaban J connectivity index is 2.73. The number of aryl methyl sites for hydroxylation is 1. The quantitative estimate of drug-likeness (QED) is 0.754. The molecule has 0 bridgehead atoms. The molecule has 0 saturated heterocycles. The van der Waals surface area contributed by atoms with Crippen molar-refractivity contribution in [2.24, 2.45) is 13.0 Å². The second-order valence-corrected chi connectivity index (χ2v) is 4.39. The summed E-state index contributed by atoms with van der Waals surface area (Å²) >= 11 is 0. The summed E-state index contributed by atoms with van der Waals surface area (Å²) in [6.07, 6.45) is 1.69. The largest absolute Gasteiger partial charge is 0.461 e. The van der Waals surface area contributed by atoms with Gasteiger partial charge in [0.15, 0.2) is 0 Å². The number of nitrogens with zero attached hydrogens (tertiary/aromatic N) is 1. The minimum atomic E-state index is -0.395. The molecule has 0 spiro atoms. The number of esters is 1. The molecule has 6 heteroatoms. The van der Waals surface area contributed by atoms with Gasteiger partial charge >= 0.3 is 5.97 Å². The Morgan fingerprint density at radius 2 is 2.16 bits per heavy atom. The van der Waals surface area contributed by atoms with Crippen LogP contribution in [0.15, 0.2) is 12.3 Å². The van der Waals surface area contributed by atoms with Crippen LogP contribution in [0.2, 0.25) is 0 Å². The Labute approximate surface area is 113 Å². The number of aromatic nitrogens is 1. The molecule has 1 unspecified atom stereocenters. The number of anilines is 1. The van der Waals surface area contributed by atoms with Crippen LogP contribution in [0.5, 0.6) is 0 Å². The molecule has 6 nitrogen and oxygen atoms in total. The highest BCUT2D eigenvalue weighted by Crippen LogP contribution is 2.14. The number of hydrogen-bond donors (Lipinski definition) is 2. The van der Waals surface area contributed by atoms with E-state index in [2.05, 4.69) is 10.6 Å². The molecule has 1 aromatic rings. The number of nitrogens with one attached hydrogen (secondary N) is 2. The van der Waals surface area contributed by atoms with E-state index in [1.54, 1.807) is 37.8 Å². The van der Waals surface area contributed by atoms with Crippen LogP contribution in [0, 0.1) is 5.92 Å². The fraction of sp³-hybridized carbons (Fsp3) is 0.538. The van der Waals surface area contributed by atoms with Gasteiger partial charge in [-0.05, 0) is 20.0 Å². The normalized spacial score (nSPS) is 12.0. The maximum atomic E-state index is 11.8. The zero-order chi connectivity index (χ0) is 14.4. The van der Waals surface area contributed by atoms with Crippen molar-refractivity contribution in [2.45, 2.75) is 13.8 Å². The van der Waals surface area contributed by atoms with E-state index in [-0.39, 0.29) is 11.8 Å².